The smallest absolute Gasteiger partial charge is 0.232 e. The summed E-state index contributed by atoms with van der Waals surface area (Å²) in [5, 5.41) is 3.06. The Morgan fingerprint density at radius 1 is 1.19 bits per heavy atom. The number of halogens is 2. The number of sulfonamides is 1. The normalized spacial score (nSPS) is 11.2. The molecule has 1 amide bonds. The fourth-order valence-corrected chi connectivity index (χ4v) is 3.57. The van der Waals surface area contributed by atoms with Crippen LogP contribution in [0.3, 0.4) is 0 Å². The van der Waals surface area contributed by atoms with Crippen LogP contribution in [0.1, 0.15) is 18.4 Å². The van der Waals surface area contributed by atoms with Crippen LogP contribution in [0.15, 0.2) is 48.5 Å². The molecule has 0 aliphatic carbocycles. The van der Waals surface area contributed by atoms with E-state index in [-0.39, 0.29) is 31.2 Å². The minimum atomic E-state index is -3.50. The SMILES string of the molecule is CS(=O)(=O)N(CCCC(=O)NCc1ccccc1F)c1cccc(Cl)c1. The highest BCUT2D eigenvalue weighted by molar-refractivity contribution is 7.92. The third-order valence-corrected chi connectivity index (χ3v) is 5.12. The maximum atomic E-state index is 13.5. The molecule has 0 fully saturated rings. The predicted molar refractivity (Wildman–Crippen MR) is 101 cm³/mol. The lowest BCUT2D eigenvalue weighted by Gasteiger charge is -2.22. The Morgan fingerprint density at radius 2 is 1.92 bits per heavy atom. The van der Waals surface area contributed by atoms with Gasteiger partial charge in [-0.3, -0.25) is 9.10 Å². The molecular formula is C18H20ClFN2O3S. The van der Waals surface area contributed by atoms with Crippen molar-refractivity contribution in [3.63, 3.8) is 0 Å². The lowest BCUT2D eigenvalue weighted by atomic mass is 10.2. The van der Waals surface area contributed by atoms with Crippen molar-refractivity contribution in [2.45, 2.75) is 19.4 Å². The molecular weight excluding hydrogens is 379 g/mol. The Hall–Kier alpha value is -2.12. The molecule has 0 aromatic heterocycles. The molecule has 0 heterocycles. The first-order valence-corrected chi connectivity index (χ1v) is 10.2. The zero-order valence-electron chi connectivity index (χ0n) is 14.3. The van der Waals surface area contributed by atoms with Crippen molar-refractivity contribution in [1.29, 1.82) is 0 Å². The lowest BCUT2D eigenvalue weighted by Crippen LogP contribution is -2.32. The second-order valence-corrected chi connectivity index (χ2v) is 8.13. The topological polar surface area (TPSA) is 66.5 Å². The first kappa shape index (κ1) is 20.2. The van der Waals surface area contributed by atoms with Crippen molar-refractivity contribution in [1.82, 2.24) is 5.32 Å². The highest BCUT2D eigenvalue weighted by Gasteiger charge is 2.17. The second kappa shape index (κ2) is 9.00. The minimum absolute atomic E-state index is 0.0928. The molecule has 1 N–H and O–H groups in total. The predicted octanol–water partition coefficient (Wildman–Crippen LogP) is 3.34. The fraction of sp³-hybridized carbons (Fsp3) is 0.278. The van der Waals surface area contributed by atoms with E-state index in [0.717, 1.165) is 6.26 Å². The van der Waals surface area contributed by atoms with E-state index in [0.29, 0.717) is 22.7 Å². The van der Waals surface area contributed by atoms with Crippen LogP contribution in [0.25, 0.3) is 0 Å². The fourth-order valence-electron chi connectivity index (χ4n) is 2.42. The maximum Gasteiger partial charge on any atom is 0.232 e. The summed E-state index contributed by atoms with van der Waals surface area (Å²) in [6.45, 7) is 0.238. The molecule has 26 heavy (non-hydrogen) atoms. The van der Waals surface area contributed by atoms with Crippen molar-refractivity contribution < 1.29 is 17.6 Å². The Bertz CT molecular complexity index is 874. The average molecular weight is 399 g/mol. The Kier molecular flexibility index (Phi) is 6.99. The van der Waals surface area contributed by atoms with Gasteiger partial charge in [-0.05, 0) is 30.7 Å². The number of amides is 1. The third kappa shape index (κ3) is 6.00. The molecule has 2 rings (SSSR count). The summed E-state index contributed by atoms with van der Waals surface area (Å²) in [5.74, 6) is -0.648. The van der Waals surface area contributed by atoms with Crippen LogP contribution in [0, 0.1) is 5.82 Å². The van der Waals surface area contributed by atoms with E-state index in [1.54, 1.807) is 42.5 Å². The van der Waals surface area contributed by atoms with Crippen molar-refractivity contribution in [3.8, 4) is 0 Å². The molecule has 0 saturated carbocycles. The van der Waals surface area contributed by atoms with E-state index in [2.05, 4.69) is 5.32 Å². The van der Waals surface area contributed by atoms with Gasteiger partial charge < -0.3 is 5.32 Å². The first-order chi connectivity index (χ1) is 12.3. The van der Waals surface area contributed by atoms with Gasteiger partial charge in [-0.1, -0.05) is 35.9 Å². The van der Waals surface area contributed by atoms with E-state index < -0.39 is 10.0 Å². The van der Waals surface area contributed by atoms with Gasteiger partial charge in [0.05, 0.1) is 11.9 Å². The van der Waals surface area contributed by atoms with Crippen molar-refractivity contribution in [3.05, 3.63) is 64.9 Å². The number of carbonyl (C=O) groups excluding carboxylic acids is 1. The summed E-state index contributed by atoms with van der Waals surface area (Å²) >= 11 is 5.92. The molecule has 5 nitrogen and oxygen atoms in total. The maximum absolute atomic E-state index is 13.5. The molecule has 2 aromatic rings. The standard InChI is InChI=1S/C18H20ClFN2O3S/c1-26(24,25)22(16-8-4-7-15(19)12-16)11-5-10-18(23)21-13-14-6-2-3-9-17(14)20/h2-4,6-9,12H,5,10-11,13H2,1H3,(H,21,23). The lowest BCUT2D eigenvalue weighted by molar-refractivity contribution is -0.121. The van der Waals surface area contributed by atoms with Crippen LogP contribution in [0.2, 0.25) is 5.02 Å². The van der Waals surface area contributed by atoms with Crippen LogP contribution >= 0.6 is 11.6 Å². The number of nitrogens with zero attached hydrogens (tertiary/aromatic N) is 1. The summed E-state index contributed by atoms with van der Waals surface area (Å²) in [4.78, 5) is 11.9. The van der Waals surface area contributed by atoms with Crippen molar-refractivity contribution in [2.24, 2.45) is 0 Å². The highest BCUT2D eigenvalue weighted by atomic mass is 35.5. The number of benzene rings is 2. The average Bonchev–Trinajstić information content (AvgIpc) is 2.57. The van der Waals surface area contributed by atoms with Gasteiger partial charge in [0, 0.05) is 30.1 Å². The molecule has 0 unspecified atom stereocenters. The van der Waals surface area contributed by atoms with Crippen LogP contribution in [-0.2, 0) is 21.4 Å². The third-order valence-electron chi connectivity index (χ3n) is 3.70. The molecule has 0 aliphatic rings. The van der Waals surface area contributed by atoms with Gasteiger partial charge in [0.1, 0.15) is 5.82 Å². The van der Waals surface area contributed by atoms with Crippen LogP contribution < -0.4 is 9.62 Å². The summed E-state index contributed by atoms with van der Waals surface area (Å²) in [7, 11) is -3.50. The quantitative estimate of drug-likeness (QED) is 0.741. The van der Waals surface area contributed by atoms with Crippen molar-refractivity contribution >= 4 is 33.2 Å². The summed E-state index contributed by atoms with van der Waals surface area (Å²) in [6.07, 6.45) is 1.55. The van der Waals surface area contributed by atoms with Gasteiger partial charge in [0.25, 0.3) is 0 Å². The number of anilines is 1. The second-order valence-electron chi connectivity index (χ2n) is 5.79. The number of nitrogens with one attached hydrogen (secondary N) is 1. The number of hydrogen-bond donors (Lipinski definition) is 1. The molecule has 8 heteroatoms. The summed E-state index contributed by atoms with van der Waals surface area (Å²) in [6, 6.07) is 12.7. The molecule has 0 atom stereocenters. The summed E-state index contributed by atoms with van der Waals surface area (Å²) < 4.78 is 38.7. The zero-order chi connectivity index (χ0) is 19.2. The van der Waals surface area contributed by atoms with E-state index in [1.807, 2.05) is 0 Å². The molecule has 140 valence electrons. The summed E-state index contributed by atoms with van der Waals surface area (Å²) in [5.41, 5.74) is 0.851. The van der Waals surface area contributed by atoms with E-state index in [9.17, 15) is 17.6 Å². The van der Waals surface area contributed by atoms with Gasteiger partial charge in [-0.25, -0.2) is 12.8 Å². The van der Waals surface area contributed by atoms with Gasteiger partial charge in [0.15, 0.2) is 0 Å². The van der Waals surface area contributed by atoms with Crippen LogP contribution in [-0.4, -0.2) is 27.1 Å². The van der Waals surface area contributed by atoms with Gasteiger partial charge in [-0.2, -0.15) is 0 Å². The molecule has 0 spiro atoms. The number of carbonyl (C=O) groups is 1. The van der Waals surface area contributed by atoms with E-state index in [1.165, 1.54) is 10.4 Å². The van der Waals surface area contributed by atoms with Gasteiger partial charge in [0.2, 0.25) is 15.9 Å². The van der Waals surface area contributed by atoms with Crippen LogP contribution in [0.5, 0.6) is 0 Å². The minimum Gasteiger partial charge on any atom is -0.352 e. The molecule has 0 saturated heterocycles. The van der Waals surface area contributed by atoms with Gasteiger partial charge in [-0.15, -0.1) is 0 Å². The van der Waals surface area contributed by atoms with Gasteiger partial charge >= 0.3 is 0 Å². The number of rotatable bonds is 8. The van der Waals surface area contributed by atoms with E-state index in [4.69, 9.17) is 11.6 Å². The zero-order valence-corrected chi connectivity index (χ0v) is 15.9. The Morgan fingerprint density at radius 3 is 2.58 bits per heavy atom. The largest absolute Gasteiger partial charge is 0.352 e. The molecule has 2 aromatic carbocycles. The van der Waals surface area contributed by atoms with Crippen molar-refractivity contribution in [2.75, 3.05) is 17.1 Å². The molecule has 0 radical (unpaired) electrons. The highest BCUT2D eigenvalue weighted by Crippen LogP contribution is 2.22. The first-order valence-electron chi connectivity index (χ1n) is 8.01. The Labute approximate surface area is 157 Å². The molecule has 0 aliphatic heterocycles. The van der Waals surface area contributed by atoms with E-state index >= 15 is 0 Å². The monoisotopic (exact) mass is 398 g/mol. The number of hydrogen-bond acceptors (Lipinski definition) is 3. The molecule has 0 bridgehead atoms. The van der Waals surface area contributed by atoms with Crippen LogP contribution in [0.4, 0.5) is 10.1 Å². The Balaban J connectivity index is 1.89.